The van der Waals surface area contributed by atoms with Gasteiger partial charge >= 0.3 is 0 Å². The standard InChI is InChI=1S/C25H31N3O2/c1-30-17-16-27-19-21(22-10-2-3-12-24(22)27)8-6-13-25(29)28-15-5-4-11-23(28)20-9-7-14-26-18-20/h2-3,7,9-10,12,14,18-19,23H,4-6,8,11,13,15-17H2,1H3. The van der Waals surface area contributed by atoms with Crippen LogP contribution in [0.15, 0.2) is 55.0 Å². The Kier molecular flexibility index (Phi) is 6.80. The molecule has 3 aromatic rings. The summed E-state index contributed by atoms with van der Waals surface area (Å²) in [5.74, 6) is 0.270. The Morgan fingerprint density at radius 3 is 2.93 bits per heavy atom. The summed E-state index contributed by atoms with van der Waals surface area (Å²) < 4.78 is 7.52. The number of piperidine rings is 1. The number of carbonyl (C=O) groups is 1. The van der Waals surface area contributed by atoms with Crippen molar-refractivity contribution in [3.05, 3.63) is 66.1 Å². The Labute approximate surface area is 178 Å². The first-order valence-corrected chi connectivity index (χ1v) is 11.0. The number of carbonyl (C=O) groups excluding carboxylic acids is 1. The van der Waals surface area contributed by atoms with E-state index in [1.165, 1.54) is 22.9 Å². The molecule has 1 amide bonds. The smallest absolute Gasteiger partial charge is 0.223 e. The molecule has 0 radical (unpaired) electrons. The molecule has 5 heteroatoms. The fourth-order valence-electron chi connectivity index (χ4n) is 4.62. The molecule has 1 atom stereocenters. The van der Waals surface area contributed by atoms with Gasteiger partial charge in [0.25, 0.3) is 0 Å². The van der Waals surface area contributed by atoms with Crippen molar-refractivity contribution in [1.29, 1.82) is 0 Å². The summed E-state index contributed by atoms with van der Waals surface area (Å²) in [6, 6.07) is 12.7. The van der Waals surface area contributed by atoms with E-state index >= 15 is 0 Å². The molecule has 1 saturated heterocycles. The Hall–Kier alpha value is -2.66. The second kappa shape index (κ2) is 9.90. The lowest BCUT2D eigenvalue weighted by molar-refractivity contribution is -0.135. The maximum Gasteiger partial charge on any atom is 0.223 e. The largest absolute Gasteiger partial charge is 0.383 e. The van der Waals surface area contributed by atoms with Gasteiger partial charge in [-0.1, -0.05) is 24.3 Å². The van der Waals surface area contributed by atoms with Crippen molar-refractivity contribution < 1.29 is 9.53 Å². The highest BCUT2D eigenvalue weighted by Crippen LogP contribution is 2.31. The third-order valence-electron chi connectivity index (χ3n) is 6.14. The molecule has 5 nitrogen and oxygen atoms in total. The number of fused-ring (bicyclic) bond motifs is 1. The van der Waals surface area contributed by atoms with Crippen molar-refractivity contribution in [3.63, 3.8) is 0 Å². The van der Waals surface area contributed by atoms with Gasteiger partial charge in [0.05, 0.1) is 12.6 Å². The van der Waals surface area contributed by atoms with Crippen LogP contribution in [0.2, 0.25) is 0 Å². The quantitative estimate of drug-likeness (QED) is 0.543. The van der Waals surface area contributed by atoms with E-state index in [0.717, 1.165) is 44.3 Å². The number of likely N-dealkylation sites (tertiary alicyclic amines) is 1. The number of hydrogen-bond acceptors (Lipinski definition) is 3. The minimum Gasteiger partial charge on any atom is -0.383 e. The number of methoxy groups -OCH3 is 1. The number of ether oxygens (including phenoxy) is 1. The second-order valence-corrected chi connectivity index (χ2v) is 8.10. The zero-order valence-electron chi connectivity index (χ0n) is 17.8. The fraction of sp³-hybridized carbons (Fsp3) is 0.440. The highest BCUT2D eigenvalue weighted by molar-refractivity contribution is 5.84. The van der Waals surface area contributed by atoms with Crippen LogP contribution in [-0.2, 0) is 22.5 Å². The van der Waals surface area contributed by atoms with E-state index < -0.39 is 0 Å². The average Bonchev–Trinajstić information content (AvgIpc) is 3.16. The number of hydrogen-bond donors (Lipinski definition) is 0. The van der Waals surface area contributed by atoms with Crippen LogP contribution in [0.4, 0.5) is 0 Å². The van der Waals surface area contributed by atoms with Gasteiger partial charge in [-0.15, -0.1) is 0 Å². The first-order chi connectivity index (χ1) is 14.8. The van der Waals surface area contributed by atoms with Gasteiger partial charge in [0.15, 0.2) is 0 Å². The van der Waals surface area contributed by atoms with Crippen molar-refractivity contribution in [3.8, 4) is 0 Å². The number of amides is 1. The number of aromatic nitrogens is 2. The van der Waals surface area contributed by atoms with Crippen LogP contribution >= 0.6 is 0 Å². The Bertz CT molecular complexity index is 967. The normalized spacial score (nSPS) is 16.8. The van der Waals surface area contributed by atoms with Gasteiger partial charge in [0.1, 0.15) is 0 Å². The molecule has 1 fully saturated rings. The van der Waals surface area contributed by atoms with Crippen molar-refractivity contribution in [1.82, 2.24) is 14.5 Å². The molecule has 1 unspecified atom stereocenters. The third-order valence-corrected chi connectivity index (χ3v) is 6.14. The van der Waals surface area contributed by atoms with E-state index in [0.29, 0.717) is 13.0 Å². The third kappa shape index (κ3) is 4.57. The van der Waals surface area contributed by atoms with Gasteiger partial charge < -0.3 is 14.2 Å². The molecule has 4 rings (SSSR count). The van der Waals surface area contributed by atoms with E-state index in [1.54, 1.807) is 13.3 Å². The maximum atomic E-state index is 13.1. The lowest BCUT2D eigenvalue weighted by atomic mass is 9.95. The molecular weight excluding hydrogens is 374 g/mol. The molecule has 0 saturated carbocycles. The summed E-state index contributed by atoms with van der Waals surface area (Å²) in [5, 5.41) is 1.28. The predicted octanol–water partition coefficient (Wildman–Crippen LogP) is 4.76. The molecule has 30 heavy (non-hydrogen) atoms. The second-order valence-electron chi connectivity index (χ2n) is 8.10. The molecule has 158 valence electrons. The van der Waals surface area contributed by atoms with E-state index in [4.69, 9.17) is 4.74 Å². The van der Waals surface area contributed by atoms with Crippen LogP contribution < -0.4 is 0 Å². The zero-order valence-corrected chi connectivity index (χ0v) is 17.8. The van der Waals surface area contributed by atoms with E-state index in [9.17, 15) is 4.79 Å². The van der Waals surface area contributed by atoms with Crippen molar-refractivity contribution in [2.75, 3.05) is 20.3 Å². The number of nitrogens with zero attached hydrogens (tertiary/aromatic N) is 3. The van der Waals surface area contributed by atoms with E-state index in [1.807, 2.05) is 12.3 Å². The minimum atomic E-state index is 0.177. The highest BCUT2D eigenvalue weighted by atomic mass is 16.5. The number of para-hydroxylation sites is 1. The summed E-state index contributed by atoms with van der Waals surface area (Å²) in [4.78, 5) is 19.4. The summed E-state index contributed by atoms with van der Waals surface area (Å²) >= 11 is 0. The molecule has 0 bridgehead atoms. The van der Waals surface area contributed by atoms with Crippen LogP contribution in [-0.4, -0.2) is 40.6 Å². The summed E-state index contributed by atoms with van der Waals surface area (Å²) in [5.41, 5.74) is 3.72. The van der Waals surface area contributed by atoms with Gasteiger partial charge in [-0.3, -0.25) is 9.78 Å². The summed E-state index contributed by atoms with van der Waals surface area (Å²) in [7, 11) is 1.73. The minimum absolute atomic E-state index is 0.177. The maximum absolute atomic E-state index is 13.1. The molecule has 1 aliphatic rings. The number of rotatable bonds is 8. The van der Waals surface area contributed by atoms with Crippen molar-refractivity contribution in [2.45, 2.75) is 51.1 Å². The van der Waals surface area contributed by atoms with Gasteiger partial charge in [-0.2, -0.15) is 0 Å². The SMILES string of the molecule is COCCn1cc(CCCC(=O)N2CCCCC2c2cccnc2)c2ccccc21. The average molecular weight is 406 g/mol. The van der Waals surface area contributed by atoms with Crippen LogP contribution in [0, 0.1) is 0 Å². The predicted molar refractivity (Wildman–Crippen MR) is 119 cm³/mol. The van der Waals surface area contributed by atoms with Gasteiger partial charge in [0.2, 0.25) is 5.91 Å². The van der Waals surface area contributed by atoms with Gasteiger partial charge in [-0.25, -0.2) is 0 Å². The van der Waals surface area contributed by atoms with Gasteiger partial charge in [-0.05, 0) is 55.4 Å². The molecule has 2 aromatic heterocycles. The van der Waals surface area contributed by atoms with Crippen LogP contribution in [0.5, 0.6) is 0 Å². The number of benzene rings is 1. The molecule has 1 aliphatic heterocycles. The van der Waals surface area contributed by atoms with E-state index in [-0.39, 0.29) is 11.9 Å². The first kappa shape index (κ1) is 20.6. The fourth-order valence-corrected chi connectivity index (χ4v) is 4.62. The lowest BCUT2D eigenvalue weighted by Gasteiger charge is -2.36. The van der Waals surface area contributed by atoms with Crippen LogP contribution in [0.3, 0.4) is 0 Å². The topological polar surface area (TPSA) is 47.4 Å². The van der Waals surface area contributed by atoms with E-state index in [2.05, 4.69) is 51.0 Å². The van der Waals surface area contributed by atoms with Crippen LogP contribution in [0.25, 0.3) is 10.9 Å². The molecular formula is C25H31N3O2. The summed E-state index contributed by atoms with van der Waals surface area (Å²) in [6.07, 6.45) is 11.6. The zero-order chi connectivity index (χ0) is 20.8. The highest BCUT2D eigenvalue weighted by Gasteiger charge is 2.27. The Morgan fingerprint density at radius 1 is 1.20 bits per heavy atom. The summed E-state index contributed by atoms with van der Waals surface area (Å²) in [6.45, 7) is 2.40. The monoisotopic (exact) mass is 405 g/mol. The molecule has 0 spiro atoms. The molecule has 0 aliphatic carbocycles. The van der Waals surface area contributed by atoms with Crippen LogP contribution in [0.1, 0.15) is 49.3 Å². The molecule has 0 N–H and O–H groups in total. The first-order valence-electron chi connectivity index (χ1n) is 11.0. The molecule has 3 heterocycles. The Balaban J connectivity index is 1.41. The molecule has 1 aromatic carbocycles. The lowest BCUT2D eigenvalue weighted by Crippen LogP contribution is -2.38. The number of pyridine rings is 1. The van der Waals surface area contributed by atoms with Crippen molar-refractivity contribution in [2.24, 2.45) is 0 Å². The number of aryl methyl sites for hydroxylation is 1. The van der Waals surface area contributed by atoms with Crippen molar-refractivity contribution >= 4 is 16.8 Å². The Morgan fingerprint density at radius 2 is 2.10 bits per heavy atom. The van der Waals surface area contributed by atoms with Gasteiger partial charge in [0, 0.05) is 56.1 Å².